The van der Waals surface area contributed by atoms with Gasteiger partial charge in [0.05, 0.1) is 6.61 Å². The molecular formula is C14H21O2P. The number of hydrogen-bond acceptors (Lipinski definition) is 2. The molecule has 0 saturated heterocycles. The molecule has 0 heterocycles. The summed E-state index contributed by atoms with van der Waals surface area (Å²) in [5, 5.41) is 0.636. The van der Waals surface area contributed by atoms with Gasteiger partial charge in [0.2, 0.25) is 7.37 Å². The maximum absolute atomic E-state index is 12.6. The Kier molecular flexibility index (Phi) is 5.67. The summed E-state index contributed by atoms with van der Waals surface area (Å²) in [4.78, 5) is 0. The molecule has 0 aliphatic heterocycles. The zero-order valence-electron chi connectivity index (χ0n) is 10.7. The second-order valence-corrected chi connectivity index (χ2v) is 6.77. The van der Waals surface area contributed by atoms with Crippen LogP contribution in [-0.2, 0) is 9.09 Å². The van der Waals surface area contributed by atoms with Crippen LogP contribution in [0, 0.1) is 0 Å². The fourth-order valence-corrected chi connectivity index (χ4v) is 3.23. The lowest BCUT2D eigenvalue weighted by atomic mass is 10.2. The first-order valence-electron chi connectivity index (χ1n) is 6.12. The van der Waals surface area contributed by atoms with Crippen LogP contribution in [0.4, 0.5) is 0 Å². The van der Waals surface area contributed by atoms with Gasteiger partial charge in [-0.05, 0) is 12.0 Å². The first-order chi connectivity index (χ1) is 8.14. The predicted molar refractivity (Wildman–Crippen MR) is 74.5 cm³/mol. The van der Waals surface area contributed by atoms with Crippen molar-refractivity contribution in [3.8, 4) is 0 Å². The molecule has 17 heavy (non-hydrogen) atoms. The third-order valence-corrected chi connectivity index (χ3v) is 5.25. The van der Waals surface area contributed by atoms with Crippen LogP contribution in [0.1, 0.15) is 32.3 Å². The third-order valence-electron chi connectivity index (χ3n) is 2.73. The molecule has 0 spiro atoms. The van der Waals surface area contributed by atoms with E-state index in [4.69, 9.17) is 4.52 Å². The molecule has 3 heteroatoms. The molecule has 1 aromatic rings. The Balaban J connectivity index is 2.79. The van der Waals surface area contributed by atoms with Crippen molar-refractivity contribution in [3.05, 3.63) is 42.5 Å². The van der Waals surface area contributed by atoms with E-state index in [2.05, 4.69) is 13.5 Å². The van der Waals surface area contributed by atoms with Crippen molar-refractivity contribution in [2.45, 2.75) is 26.7 Å². The van der Waals surface area contributed by atoms with Crippen LogP contribution in [0.2, 0.25) is 0 Å². The van der Waals surface area contributed by atoms with Crippen LogP contribution in [-0.4, -0.2) is 12.8 Å². The normalized spacial score (nSPS) is 14.2. The zero-order valence-corrected chi connectivity index (χ0v) is 11.6. The summed E-state index contributed by atoms with van der Waals surface area (Å²) in [5.41, 5.74) is 0.911. The molecule has 2 nitrogen and oxygen atoms in total. The topological polar surface area (TPSA) is 26.3 Å². The molecule has 0 N–H and O–H groups in total. The molecule has 0 radical (unpaired) electrons. The maximum Gasteiger partial charge on any atom is 0.231 e. The molecule has 1 unspecified atom stereocenters. The van der Waals surface area contributed by atoms with Crippen molar-refractivity contribution in [1.29, 1.82) is 0 Å². The van der Waals surface area contributed by atoms with Gasteiger partial charge in [-0.2, -0.15) is 0 Å². The summed E-state index contributed by atoms with van der Waals surface area (Å²) < 4.78 is 18.2. The van der Waals surface area contributed by atoms with Gasteiger partial charge < -0.3 is 4.52 Å². The van der Waals surface area contributed by atoms with E-state index in [9.17, 15) is 4.57 Å². The van der Waals surface area contributed by atoms with Crippen molar-refractivity contribution in [2.75, 3.05) is 12.8 Å². The van der Waals surface area contributed by atoms with Gasteiger partial charge in [0.25, 0.3) is 0 Å². The van der Waals surface area contributed by atoms with Crippen molar-refractivity contribution >= 4 is 12.7 Å². The van der Waals surface area contributed by atoms with Crippen LogP contribution in [0.3, 0.4) is 0 Å². The second-order valence-electron chi connectivity index (χ2n) is 3.99. The number of benzene rings is 1. The quantitative estimate of drug-likeness (QED) is 0.516. The Hall–Kier alpha value is -0.850. The van der Waals surface area contributed by atoms with E-state index >= 15 is 0 Å². The van der Waals surface area contributed by atoms with Crippen molar-refractivity contribution in [2.24, 2.45) is 0 Å². The number of rotatable bonds is 7. The standard InChI is InChI=1S/C14H21O2P/c1-4-6-12-16-17(15,5-2)13(3)14-10-8-7-9-11-14/h7-11H,3-6,12H2,1-2H3. The van der Waals surface area contributed by atoms with Crippen molar-refractivity contribution in [1.82, 2.24) is 0 Å². The third kappa shape index (κ3) is 3.83. The molecule has 0 aromatic heterocycles. The molecule has 0 aliphatic rings. The SMILES string of the molecule is C=C(c1ccccc1)P(=O)(CC)OCCCC. The molecule has 1 rings (SSSR count). The van der Waals surface area contributed by atoms with Gasteiger partial charge in [-0.25, -0.2) is 0 Å². The minimum Gasteiger partial charge on any atom is -0.325 e. The predicted octanol–water partition coefficient (Wildman–Crippen LogP) is 4.77. The van der Waals surface area contributed by atoms with Gasteiger partial charge in [-0.15, -0.1) is 0 Å². The molecule has 0 aliphatic carbocycles. The molecule has 94 valence electrons. The highest BCUT2D eigenvalue weighted by Gasteiger charge is 2.25. The van der Waals surface area contributed by atoms with Gasteiger partial charge in [-0.3, -0.25) is 4.57 Å². The average Bonchev–Trinajstić information content (AvgIpc) is 2.39. The van der Waals surface area contributed by atoms with Crippen LogP contribution < -0.4 is 0 Å². The summed E-state index contributed by atoms with van der Waals surface area (Å²) >= 11 is 0. The largest absolute Gasteiger partial charge is 0.325 e. The maximum atomic E-state index is 12.6. The minimum atomic E-state index is -2.74. The minimum absolute atomic E-state index is 0.504. The Morgan fingerprint density at radius 1 is 1.29 bits per heavy atom. The highest BCUT2D eigenvalue weighted by molar-refractivity contribution is 7.69. The summed E-state index contributed by atoms with van der Waals surface area (Å²) in [7, 11) is -2.74. The van der Waals surface area contributed by atoms with E-state index in [-0.39, 0.29) is 0 Å². The Labute approximate surface area is 104 Å². The Morgan fingerprint density at radius 2 is 1.94 bits per heavy atom. The van der Waals surface area contributed by atoms with Crippen LogP contribution in [0.25, 0.3) is 5.31 Å². The smallest absolute Gasteiger partial charge is 0.231 e. The molecule has 0 bridgehead atoms. The van der Waals surface area contributed by atoms with Crippen molar-refractivity contribution < 1.29 is 9.09 Å². The lowest BCUT2D eigenvalue weighted by molar-refractivity contribution is 0.313. The lowest BCUT2D eigenvalue weighted by Crippen LogP contribution is -1.97. The van der Waals surface area contributed by atoms with Crippen LogP contribution in [0.15, 0.2) is 36.9 Å². The summed E-state index contributed by atoms with van der Waals surface area (Å²) in [6.07, 6.45) is 2.48. The van der Waals surface area contributed by atoms with E-state index in [1.54, 1.807) is 0 Å². The van der Waals surface area contributed by atoms with E-state index in [1.165, 1.54) is 0 Å². The lowest BCUT2D eigenvalue weighted by Gasteiger charge is -2.19. The Bertz CT molecular complexity index is 398. The molecular weight excluding hydrogens is 231 g/mol. The molecule has 0 saturated carbocycles. The molecule has 1 atom stereocenters. The highest BCUT2D eigenvalue weighted by atomic mass is 31.2. The van der Waals surface area contributed by atoms with E-state index in [0.717, 1.165) is 18.4 Å². The van der Waals surface area contributed by atoms with Gasteiger partial charge >= 0.3 is 0 Å². The first kappa shape index (κ1) is 14.2. The molecule has 0 amide bonds. The summed E-state index contributed by atoms with van der Waals surface area (Å²) in [6.45, 7) is 8.49. The van der Waals surface area contributed by atoms with E-state index in [1.807, 2.05) is 37.3 Å². The summed E-state index contributed by atoms with van der Waals surface area (Å²) in [5.74, 6) is 0. The number of hydrogen-bond donors (Lipinski definition) is 0. The van der Waals surface area contributed by atoms with Crippen LogP contribution in [0.5, 0.6) is 0 Å². The van der Waals surface area contributed by atoms with E-state index < -0.39 is 7.37 Å². The fourth-order valence-electron chi connectivity index (χ4n) is 1.54. The molecule has 1 aromatic carbocycles. The number of unbranched alkanes of at least 4 members (excludes halogenated alkanes) is 1. The second kappa shape index (κ2) is 6.78. The fraction of sp³-hybridized carbons (Fsp3) is 0.429. The van der Waals surface area contributed by atoms with Crippen LogP contribution >= 0.6 is 7.37 Å². The summed E-state index contributed by atoms with van der Waals surface area (Å²) in [6, 6.07) is 9.63. The van der Waals surface area contributed by atoms with Gasteiger partial charge in [0, 0.05) is 11.5 Å². The van der Waals surface area contributed by atoms with Crippen molar-refractivity contribution in [3.63, 3.8) is 0 Å². The van der Waals surface area contributed by atoms with Gasteiger partial charge in [0.15, 0.2) is 0 Å². The highest BCUT2D eigenvalue weighted by Crippen LogP contribution is 2.58. The Morgan fingerprint density at radius 3 is 2.47 bits per heavy atom. The monoisotopic (exact) mass is 252 g/mol. The van der Waals surface area contributed by atoms with Gasteiger partial charge in [0.1, 0.15) is 0 Å². The van der Waals surface area contributed by atoms with E-state index in [0.29, 0.717) is 18.1 Å². The first-order valence-corrected chi connectivity index (χ1v) is 7.93. The average molecular weight is 252 g/mol. The molecule has 0 fully saturated rings. The zero-order chi connectivity index (χ0) is 12.7. The van der Waals surface area contributed by atoms with Gasteiger partial charge in [-0.1, -0.05) is 57.2 Å².